The van der Waals surface area contributed by atoms with Crippen LogP contribution in [-0.4, -0.2) is 36.8 Å². The maximum atomic E-state index is 14.5. The van der Waals surface area contributed by atoms with Crippen molar-refractivity contribution in [2.75, 3.05) is 0 Å². The Kier molecular flexibility index (Phi) is 4.59. The van der Waals surface area contributed by atoms with Crippen molar-refractivity contribution >= 4 is 23.5 Å². The van der Waals surface area contributed by atoms with Crippen LogP contribution in [0.3, 0.4) is 0 Å². The van der Waals surface area contributed by atoms with Gasteiger partial charge in [-0.2, -0.15) is 0 Å². The summed E-state index contributed by atoms with van der Waals surface area (Å²) in [5.74, 6) is -1.52. The molecule has 0 unspecified atom stereocenters. The van der Waals surface area contributed by atoms with Crippen LogP contribution < -0.4 is 10.5 Å². The van der Waals surface area contributed by atoms with Gasteiger partial charge in [0.2, 0.25) is 0 Å². The van der Waals surface area contributed by atoms with E-state index in [-0.39, 0.29) is 33.5 Å². The van der Waals surface area contributed by atoms with Crippen LogP contribution in [0, 0.1) is 5.82 Å². The minimum absolute atomic E-state index is 0.00312. The van der Waals surface area contributed by atoms with Crippen LogP contribution in [0.1, 0.15) is 15.9 Å². The summed E-state index contributed by atoms with van der Waals surface area (Å²) in [4.78, 5) is 31.0. The number of hydrogen-bond acceptors (Lipinski definition) is 7. The van der Waals surface area contributed by atoms with E-state index in [0.29, 0.717) is 0 Å². The molecule has 9 nitrogen and oxygen atoms in total. The fraction of sp³-hybridized carbons (Fsp3) is 0.0667. The lowest BCUT2D eigenvalue weighted by molar-refractivity contribution is 0.103. The van der Waals surface area contributed by atoms with Crippen molar-refractivity contribution in [3.8, 4) is 17.3 Å². The first-order chi connectivity index (χ1) is 12.4. The number of ether oxygens (including phenoxy) is 1. The molecule has 11 heteroatoms. The van der Waals surface area contributed by atoms with Crippen LogP contribution in [0.5, 0.6) is 5.88 Å². The van der Waals surface area contributed by atoms with Gasteiger partial charge in [-0.05, 0) is 18.2 Å². The molecule has 3 aromatic rings. The predicted octanol–water partition coefficient (Wildman–Crippen LogP) is 1.75. The van der Waals surface area contributed by atoms with E-state index >= 15 is 0 Å². The third kappa shape index (κ3) is 3.35. The number of amides is 1. The smallest absolute Gasteiger partial charge is 0.389 e. The van der Waals surface area contributed by atoms with Gasteiger partial charge in [-0.1, -0.05) is 16.8 Å². The number of nitrogens with two attached hydrogens (primary N) is 1. The standard InChI is InChI=1S/C15H10ClFN6O3/c1-23-14(26-15(18)25)12(21-22-23)11-9(17)4-8(6-20-11)13(24)7-2-3-10(16)19-5-7/h2-6H,1H3,(H2,18,25). The van der Waals surface area contributed by atoms with E-state index in [4.69, 9.17) is 22.1 Å². The monoisotopic (exact) mass is 376 g/mol. The van der Waals surface area contributed by atoms with E-state index in [0.717, 1.165) is 16.9 Å². The number of rotatable bonds is 4. The van der Waals surface area contributed by atoms with Crippen LogP contribution in [0.25, 0.3) is 11.4 Å². The van der Waals surface area contributed by atoms with Crippen molar-refractivity contribution in [3.05, 3.63) is 52.7 Å². The third-order valence-corrected chi connectivity index (χ3v) is 3.51. The Labute approximate surface area is 150 Å². The highest BCUT2D eigenvalue weighted by atomic mass is 35.5. The quantitative estimate of drug-likeness (QED) is 0.543. The first-order valence-corrected chi connectivity index (χ1v) is 7.43. The molecule has 1 amide bonds. The number of carbonyl (C=O) groups is 2. The summed E-state index contributed by atoms with van der Waals surface area (Å²) in [7, 11) is 1.43. The molecule has 0 spiro atoms. The second-order valence-corrected chi connectivity index (χ2v) is 5.43. The molecular weight excluding hydrogens is 367 g/mol. The number of hydrogen-bond donors (Lipinski definition) is 1. The van der Waals surface area contributed by atoms with Crippen molar-refractivity contribution in [2.24, 2.45) is 12.8 Å². The van der Waals surface area contributed by atoms with Gasteiger partial charge in [-0.15, -0.1) is 5.10 Å². The van der Waals surface area contributed by atoms with Crippen LogP contribution in [0.15, 0.2) is 30.6 Å². The summed E-state index contributed by atoms with van der Waals surface area (Å²) in [6, 6.07) is 3.90. The van der Waals surface area contributed by atoms with E-state index < -0.39 is 17.7 Å². The lowest BCUT2D eigenvalue weighted by Crippen LogP contribution is -2.18. The first kappa shape index (κ1) is 17.4. The molecule has 0 fully saturated rings. The van der Waals surface area contributed by atoms with Gasteiger partial charge in [0.1, 0.15) is 10.8 Å². The van der Waals surface area contributed by atoms with Crippen molar-refractivity contribution in [1.82, 2.24) is 25.0 Å². The molecule has 2 N–H and O–H groups in total. The lowest BCUT2D eigenvalue weighted by atomic mass is 10.1. The molecule has 3 aromatic heterocycles. The molecule has 0 aromatic carbocycles. The highest BCUT2D eigenvalue weighted by Crippen LogP contribution is 2.28. The highest BCUT2D eigenvalue weighted by Gasteiger charge is 2.22. The normalized spacial score (nSPS) is 10.6. The fourth-order valence-corrected chi connectivity index (χ4v) is 2.23. The number of aryl methyl sites for hydroxylation is 1. The molecule has 3 heterocycles. The summed E-state index contributed by atoms with van der Waals surface area (Å²) >= 11 is 5.67. The van der Waals surface area contributed by atoms with E-state index in [1.165, 1.54) is 25.4 Å². The lowest BCUT2D eigenvalue weighted by Gasteiger charge is -2.05. The fourth-order valence-electron chi connectivity index (χ4n) is 2.12. The average molecular weight is 377 g/mol. The molecule has 0 aliphatic rings. The van der Waals surface area contributed by atoms with E-state index in [1.54, 1.807) is 0 Å². The molecule has 0 bridgehead atoms. The maximum Gasteiger partial charge on any atom is 0.411 e. The first-order valence-electron chi connectivity index (χ1n) is 7.06. The zero-order valence-corrected chi connectivity index (χ0v) is 13.9. The van der Waals surface area contributed by atoms with Gasteiger partial charge in [0.05, 0.1) is 0 Å². The van der Waals surface area contributed by atoms with E-state index in [1.807, 2.05) is 0 Å². The summed E-state index contributed by atoms with van der Waals surface area (Å²) in [5, 5.41) is 7.58. The Bertz CT molecular complexity index is 1010. The highest BCUT2D eigenvalue weighted by molar-refractivity contribution is 6.29. The van der Waals surface area contributed by atoms with E-state index in [9.17, 15) is 14.0 Å². The van der Waals surface area contributed by atoms with Crippen molar-refractivity contribution in [3.63, 3.8) is 0 Å². The van der Waals surface area contributed by atoms with Crippen molar-refractivity contribution < 1.29 is 18.7 Å². The zero-order valence-electron chi connectivity index (χ0n) is 13.2. The summed E-state index contributed by atoms with van der Waals surface area (Å²) in [6.45, 7) is 0. The van der Waals surface area contributed by atoms with Gasteiger partial charge in [0, 0.05) is 30.6 Å². The van der Waals surface area contributed by atoms with Gasteiger partial charge in [-0.3, -0.25) is 9.78 Å². The minimum atomic E-state index is -1.11. The van der Waals surface area contributed by atoms with E-state index in [2.05, 4.69) is 20.3 Å². The van der Waals surface area contributed by atoms with Crippen molar-refractivity contribution in [2.45, 2.75) is 0 Å². The Balaban J connectivity index is 1.97. The molecule has 0 saturated heterocycles. The molecule has 0 saturated carbocycles. The molecule has 0 aliphatic heterocycles. The molecular formula is C15H10ClFN6O3. The molecule has 3 rings (SSSR count). The van der Waals surface area contributed by atoms with Gasteiger partial charge >= 0.3 is 6.09 Å². The van der Waals surface area contributed by atoms with Gasteiger partial charge < -0.3 is 10.5 Å². The van der Waals surface area contributed by atoms with Crippen LogP contribution in [0.2, 0.25) is 5.15 Å². The number of pyridine rings is 2. The summed E-state index contributed by atoms with van der Waals surface area (Å²) < 4.78 is 20.4. The largest absolute Gasteiger partial charge is 0.411 e. The Morgan fingerprint density at radius 3 is 2.54 bits per heavy atom. The molecule has 132 valence electrons. The van der Waals surface area contributed by atoms with Crippen LogP contribution in [-0.2, 0) is 7.05 Å². The summed E-state index contributed by atoms with van der Waals surface area (Å²) in [5.41, 5.74) is 4.81. The number of primary amides is 1. The van der Waals surface area contributed by atoms with Crippen LogP contribution in [0.4, 0.5) is 9.18 Å². The Morgan fingerprint density at radius 2 is 1.92 bits per heavy atom. The zero-order chi connectivity index (χ0) is 18.8. The topological polar surface area (TPSA) is 126 Å². The number of aromatic nitrogens is 5. The summed E-state index contributed by atoms with van der Waals surface area (Å²) in [6.07, 6.45) is 1.33. The number of ketones is 1. The second kappa shape index (κ2) is 6.84. The van der Waals surface area contributed by atoms with Crippen LogP contribution >= 0.6 is 11.6 Å². The molecule has 0 radical (unpaired) electrons. The molecule has 26 heavy (non-hydrogen) atoms. The third-order valence-electron chi connectivity index (χ3n) is 3.29. The molecule has 0 aliphatic carbocycles. The van der Waals surface area contributed by atoms with Gasteiger partial charge in [0.25, 0.3) is 5.88 Å². The second-order valence-electron chi connectivity index (χ2n) is 5.04. The van der Waals surface area contributed by atoms with Crippen molar-refractivity contribution in [1.29, 1.82) is 0 Å². The number of carbonyl (C=O) groups excluding carboxylic acids is 2. The van der Waals surface area contributed by atoms with Gasteiger partial charge in [-0.25, -0.2) is 18.9 Å². The predicted molar refractivity (Wildman–Crippen MR) is 87.1 cm³/mol. The minimum Gasteiger partial charge on any atom is -0.389 e. The number of halogens is 2. The SMILES string of the molecule is Cn1nnc(-c2ncc(C(=O)c3ccc(Cl)nc3)cc2F)c1OC(N)=O. The average Bonchev–Trinajstić information content (AvgIpc) is 2.95. The number of nitrogens with zero attached hydrogens (tertiary/aromatic N) is 5. The van der Waals surface area contributed by atoms with Gasteiger partial charge in [0.15, 0.2) is 17.3 Å². The maximum absolute atomic E-state index is 14.5. The Morgan fingerprint density at radius 1 is 1.19 bits per heavy atom. The molecule has 0 atom stereocenters. The Hall–Kier alpha value is -3.40.